The number of carbonyl (C=O) groups excluding carboxylic acids is 2. The third-order valence-corrected chi connectivity index (χ3v) is 4.54. The summed E-state index contributed by atoms with van der Waals surface area (Å²) in [4.78, 5) is 24.3. The molecule has 0 bridgehead atoms. The molecule has 2 heterocycles. The lowest BCUT2D eigenvalue weighted by molar-refractivity contribution is -0.148. The van der Waals surface area contributed by atoms with Gasteiger partial charge in [-0.3, -0.25) is 9.59 Å². The molecule has 2 saturated heterocycles. The van der Waals surface area contributed by atoms with Gasteiger partial charge in [0.1, 0.15) is 6.61 Å². The number of halogens is 1. The van der Waals surface area contributed by atoms with Gasteiger partial charge < -0.3 is 20.7 Å². The number of ether oxygens (including phenoxy) is 1. The summed E-state index contributed by atoms with van der Waals surface area (Å²) in [6.45, 7) is 1.66. The number of piperidine rings is 1. The van der Waals surface area contributed by atoms with Crippen LogP contribution >= 0.6 is 11.6 Å². The van der Waals surface area contributed by atoms with Gasteiger partial charge in [0.05, 0.1) is 6.04 Å². The maximum atomic E-state index is 12.6. The Bertz CT molecular complexity index is 590. The molecular weight excluding hydrogens is 318 g/mol. The molecule has 0 saturated carbocycles. The van der Waals surface area contributed by atoms with Crippen molar-refractivity contribution in [3.05, 3.63) is 34.9 Å². The molecule has 2 aliphatic rings. The maximum absolute atomic E-state index is 12.6. The van der Waals surface area contributed by atoms with Gasteiger partial charge in [0.15, 0.2) is 6.10 Å². The van der Waals surface area contributed by atoms with Crippen LogP contribution in [0.1, 0.15) is 24.4 Å². The average Bonchev–Trinajstić information content (AvgIpc) is 2.56. The molecule has 7 heteroatoms. The van der Waals surface area contributed by atoms with Crippen molar-refractivity contribution in [3.8, 4) is 0 Å². The molecule has 3 N–H and O–H groups in total. The highest BCUT2D eigenvalue weighted by Gasteiger charge is 2.37. The predicted molar refractivity (Wildman–Crippen MR) is 86.1 cm³/mol. The highest BCUT2D eigenvalue weighted by atomic mass is 35.5. The second-order valence-electron chi connectivity index (χ2n) is 5.83. The highest BCUT2D eigenvalue weighted by molar-refractivity contribution is 6.31. The Hall–Kier alpha value is -1.63. The summed E-state index contributed by atoms with van der Waals surface area (Å²) in [6, 6.07) is 6.72. The maximum Gasteiger partial charge on any atom is 0.251 e. The van der Waals surface area contributed by atoms with Crippen LogP contribution in [0.4, 0.5) is 0 Å². The molecule has 2 aliphatic heterocycles. The lowest BCUT2D eigenvalue weighted by atomic mass is 9.98. The van der Waals surface area contributed by atoms with Gasteiger partial charge in [0.2, 0.25) is 5.91 Å². The first-order valence-electron chi connectivity index (χ1n) is 7.81. The zero-order valence-corrected chi connectivity index (χ0v) is 13.4. The average molecular weight is 338 g/mol. The van der Waals surface area contributed by atoms with Crippen molar-refractivity contribution in [2.45, 2.75) is 31.0 Å². The topological polar surface area (TPSA) is 79.5 Å². The van der Waals surface area contributed by atoms with Gasteiger partial charge in [0, 0.05) is 11.1 Å². The first kappa shape index (κ1) is 16.2. The van der Waals surface area contributed by atoms with Gasteiger partial charge in [-0.05, 0) is 37.6 Å². The number of nitrogens with one attached hydrogen (secondary N) is 3. The Balaban J connectivity index is 1.76. The van der Waals surface area contributed by atoms with E-state index in [2.05, 4.69) is 16.0 Å². The minimum atomic E-state index is -0.775. The van der Waals surface area contributed by atoms with Crippen molar-refractivity contribution in [3.63, 3.8) is 0 Å². The number of benzene rings is 1. The molecule has 0 aliphatic carbocycles. The molecule has 0 unspecified atom stereocenters. The molecule has 23 heavy (non-hydrogen) atoms. The molecule has 2 atom stereocenters. The van der Waals surface area contributed by atoms with Gasteiger partial charge in [-0.25, -0.2) is 0 Å². The van der Waals surface area contributed by atoms with E-state index < -0.39 is 12.1 Å². The van der Waals surface area contributed by atoms with Crippen LogP contribution in [0.15, 0.2) is 24.3 Å². The van der Waals surface area contributed by atoms with Crippen molar-refractivity contribution < 1.29 is 14.3 Å². The standard InChI is InChI=1S/C16H20ClN3O3/c17-12-4-2-1-3-11(12)14-15(23-9-13(21)20-14)16(22)19-10-5-7-18-8-6-10/h1-4,10,14-15,18H,5-9H2,(H,19,22)(H,20,21)/t14-,15+/m1/s1. The van der Waals surface area contributed by atoms with Crippen LogP contribution in [0.2, 0.25) is 5.02 Å². The molecule has 1 aromatic rings. The SMILES string of the molecule is O=C1CO[C@H](C(=O)NC2CCNCC2)[C@@H](c2ccccc2Cl)N1. The second-order valence-corrected chi connectivity index (χ2v) is 6.24. The van der Waals surface area contributed by atoms with E-state index in [0.29, 0.717) is 10.6 Å². The summed E-state index contributed by atoms with van der Waals surface area (Å²) >= 11 is 6.22. The van der Waals surface area contributed by atoms with Crippen molar-refractivity contribution in [2.24, 2.45) is 0 Å². The summed E-state index contributed by atoms with van der Waals surface area (Å²) in [7, 11) is 0. The Morgan fingerprint density at radius 3 is 2.74 bits per heavy atom. The zero-order valence-electron chi connectivity index (χ0n) is 12.7. The number of rotatable bonds is 3. The summed E-state index contributed by atoms with van der Waals surface area (Å²) in [5.41, 5.74) is 0.688. The van der Waals surface area contributed by atoms with Crippen LogP contribution in [0, 0.1) is 0 Å². The number of hydrogen-bond donors (Lipinski definition) is 3. The van der Waals surface area contributed by atoms with Crippen molar-refractivity contribution in [1.82, 2.24) is 16.0 Å². The van der Waals surface area contributed by atoms with Crippen molar-refractivity contribution >= 4 is 23.4 Å². The van der Waals surface area contributed by atoms with Crippen molar-refractivity contribution in [2.75, 3.05) is 19.7 Å². The molecule has 2 fully saturated rings. The van der Waals surface area contributed by atoms with Gasteiger partial charge in [0.25, 0.3) is 5.91 Å². The van der Waals surface area contributed by atoms with E-state index in [0.717, 1.165) is 25.9 Å². The molecule has 2 amide bonds. The van der Waals surface area contributed by atoms with Crippen LogP contribution in [-0.4, -0.2) is 43.7 Å². The number of carbonyl (C=O) groups is 2. The van der Waals surface area contributed by atoms with E-state index in [1.807, 2.05) is 6.07 Å². The monoisotopic (exact) mass is 337 g/mol. The quantitative estimate of drug-likeness (QED) is 0.761. The summed E-state index contributed by atoms with van der Waals surface area (Å²) in [5, 5.41) is 9.61. The van der Waals surface area contributed by atoms with E-state index in [-0.39, 0.29) is 24.5 Å². The molecule has 6 nitrogen and oxygen atoms in total. The lowest BCUT2D eigenvalue weighted by Crippen LogP contribution is -2.55. The minimum Gasteiger partial charge on any atom is -0.356 e. The Morgan fingerprint density at radius 1 is 1.26 bits per heavy atom. The van der Waals surface area contributed by atoms with Crippen LogP contribution in [0.25, 0.3) is 0 Å². The normalized spacial score (nSPS) is 25.7. The van der Waals surface area contributed by atoms with Crippen molar-refractivity contribution in [1.29, 1.82) is 0 Å². The van der Waals surface area contributed by atoms with Gasteiger partial charge in [-0.15, -0.1) is 0 Å². The number of amides is 2. The van der Waals surface area contributed by atoms with Gasteiger partial charge in [-0.2, -0.15) is 0 Å². The largest absolute Gasteiger partial charge is 0.356 e. The first-order valence-corrected chi connectivity index (χ1v) is 8.19. The molecule has 0 spiro atoms. The Labute approximate surface area is 139 Å². The van der Waals surface area contributed by atoms with E-state index in [9.17, 15) is 9.59 Å². The third kappa shape index (κ3) is 3.83. The summed E-state index contributed by atoms with van der Waals surface area (Å²) in [5.74, 6) is -0.456. The predicted octanol–water partition coefficient (Wildman–Crippen LogP) is 0.764. The zero-order chi connectivity index (χ0) is 16.2. The molecular formula is C16H20ClN3O3. The van der Waals surface area contributed by atoms with E-state index in [1.165, 1.54) is 0 Å². The Kier molecular flexibility index (Phi) is 5.15. The van der Waals surface area contributed by atoms with Crippen LogP contribution in [0.5, 0.6) is 0 Å². The van der Waals surface area contributed by atoms with E-state index in [4.69, 9.17) is 16.3 Å². The Morgan fingerprint density at radius 2 is 2.00 bits per heavy atom. The molecule has 3 rings (SSSR count). The summed E-state index contributed by atoms with van der Waals surface area (Å²) in [6.07, 6.45) is 1.01. The number of hydrogen-bond acceptors (Lipinski definition) is 4. The van der Waals surface area contributed by atoms with E-state index >= 15 is 0 Å². The lowest BCUT2D eigenvalue weighted by Gasteiger charge is -2.34. The smallest absolute Gasteiger partial charge is 0.251 e. The number of morpholine rings is 1. The van der Waals surface area contributed by atoms with E-state index in [1.54, 1.807) is 18.2 Å². The molecule has 124 valence electrons. The fourth-order valence-corrected chi connectivity index (χ4v) is 3.25. The second kappa shape index (κ2) is 7.29. The highest BCUT2D eigenvalue weighted by Crippen LogP contribution is 2.28. The third-order valence-electron chi connectivity index (χ3n) is 4.20. The van der Waals surface area contributed by atoms with Crippen LogP contribution < -0.4 is 16.0 Å². The summed E-state index contributed by atoms with van der Waals surface area (Å²) < 4.78 is 5.52. The van der Waals surface area contributed by atoms with Gasteiger partial charge in [-0.1, -0.05) is 29.8 Å². The molecule has 1 aromatic carbocycles. The minimum absolute atomic E-state index is 0.120. The van der Waals surface area contributed by atoms with Crippen LogP contribution in [0.3, 0.4) is 0 Å². The fraction of sp³-hybridized carbons (Fsp3) is 0.500. The first-order chi connectivity index (χ1) is 11.1. The molecule has 0 radical (unpaired) electrons. The van der Waals surface area contributed by atoms with Gasteiger partial charge >= 0.3 is 0 Å². The van der Waals surface area contributed by atoms with Crippen LogP contribution in [-0.2, 0) is 14.3 Å². The fourth-order valence-electron chi connectivity index (χ4n) is 3.00. The molecule has 0 aromatic heterocycles.